The van der Waals surface area contributed by atoms with Crippen molar-refractivity contribution in [1.82, 2.24) is 0 Å². The number of hydrogen-bond donors (Lipinski definition) is 2. The molecular formula is C17H26F3NO2. The molecule has 6 heteroatoms. The molecule has 1 rings (SSSR count). The summed E-state index contributed by atoms with van der Waals surface area (Å²) in [6.45, 7) is 2.17. The maximum atomic E-state index is 12.0. The second-order valence-corrected chi connectivity index (χ2v) is 6.23. The number of ether oxygens (including phenoxy) is 1. The summed E-state index contributed by atoms with van der Waals surface area (Å²) in [5, 5.41) is 9.11. The van der Waals surface area contributed by atoms with Crippen molar-refractivity contribution < 1.29 is 23.0 Å². The van der Waals surface area contributed by atoms with Gasteiger partial charge in [0.1, 0.15) is 5.75 Å². The fourth-order valence-electron chi connectivity index (χ4n) is 2.06. The second kappa shape index (κ2) is 9.13. The van der Waals surface area contributed by atoms with Crippen molar-refractivity contribution in [2.75, 3.05) is 13.2 Å². The van der Waals surface area contributed by atoms with Crippen LogP contribution in [-0.4, -0.2) is 30.0 Å². The molecule has 0 heterocycles. The smallest absolute Gasteiger partial charge is 0.389 e. The van der Waals surface area contributed by atoms with Crippen LogP contribution in [0.5, 0.6) is 5.75 Å². The van der Waals surface area contributed by atoms with Gasteiger partial charge in [0, 0.05) is 12.0 Å². The number of rotatable bonds is 10. The summed E-state index contributed by atoms with van der Waals surface area (Å²) in [5.74, 6) is 0.710. The van der Waals surface area contributed by atoms with Crippen molar-refractivity contribution in [2.45, 2.75) is 57.2 Å². The number of nitrogens with two attached hydrogens (primary N) is 1. The summed E-state index contributed by atoms with van der Waals surface area (Å²) in [7, 11) is 0. The summed E-state index contributed by atoms with van der Waals surface area (Å²) in [6.07, 6.45) is -2.07. The van der Waals surface area contributed by atoms with Gasteiger partial charge in [0.25, 0.3) is 0 Å². The lowest BCUT2D eigenvalue weighted by Crippen LogP contribution is -2.40. The SMILES string of the molecule is CC(N)(CO)CCc1ccc(OCCCCCC(F)(F)F)cc1. The van der Waals surface area contributed by atoms with Gasteiger partial charge in [-0.3, -0.25) is 0 Å². The maximum absolute atomic E-state index is 12.0. The molecule has 0 fully saturated rings. The van der Waals surface area contributed by atoms with Crippen molar-refractivity contribution >= 4 is 0 Å². The highest BCUT2D eigenvalue weighted by atomic mass is 19.4. The first-order valence-electron chi connectivity index (χ1n) is 7.90. The van der Waals surface area contributed by atoms with Gasteiger partial charge in [0.05, 0.1) is 13.2 Å². The summed E-state index contributed by atoms with van der Waals surface area (Å²) < 4.78 is 41.4. The van der Waals surface area contributed by atoms with Crippen LogP contribution in [0.25, 0.3) is 0 Å². The highest BCUT2D eigenvalue weighted by Gasteiger charge is 2.25. The van der Waals surface area contributed by atoms with E-state index >= 15 is 0 Å². The standard InChI is InChI=1S/C17H26F3NO2/c1-16(21,13-22)11-9-14-5-7-15(8-6-14)23-12-4-2-3-10-17(18,19)20/h5-8,22H,2-4,9-13,21H2,1H3. The van der Waals surface area contributed by atoms with Crippen molar-refractivity contribution in [3.8, 4) is 5.75 Å². The molecule has 1 aromatic rings. The predicted octanol–water partition coefficient (Wildman–Crippen LogP) is 3.83. The second-order valence-electron chi connectivity index (χ2n) is 6.23. The van der Waals surface area contributed by atoms with Crippen LogP contribution in [0.3, 0.4) is 0 Å². The van der Waals surface area contributed by atoms with Crippen LogP contribution in [0.1, 0.15) is 44.6 Å². The van der Waals surface area contributed by atoms with Crippen LogP contribution in [-0.2, 0) is 6.42 Å². The molecule has 0 bridgehead atoms. The van der Waals surface area contributed by atoms with Gasteiger partial charge in [0.2, 0.25) is 0 Å². The number of hydrogen-bond acceptors (Lipinski definition) is 3. The fourth-order valence-corrected chi connectivity index (χ4v) is 2.06. The van der Waals surface area contributed by atoms with Gasteiger partial charge in [-0.25, -0.2) is 0 Å². The third kappa shape index (κ3) is 9.46. The molecule has 132 valence electrons. The molecule has 0 spiro atoms. The molecule has 23 heavy (non-hydrogen) atoms. The van der Waals surface area contributed by atoms with Gasteiger partial charge in [0.15, 0.2) is 0 Å². The van der Waals surface area contributed by atoms with E-state index < -0.39 is 18.1 Å². The summed E-state index contributed by atoms with van der Waals surface area (Å²) in [4.78, 5) is 0. The first kappa shape index (κ1) is 19.8. The number of aryl methyl sites for hydroxylation is 1. The minimum absolute atomic E-state index is 0.0530. The van der Waals surface area contributed by atoms with Crippen LogP contribution < -0.4 is 10.5 Å². The molecule has 3 nitrogen and oxygen atoms in total. The fraction of sp³-hybridized carbons (Fsp3) is 0.647. The van der Waals surface area contributed by atoms with E-state index in [1.807, 2.05) is 31.2 Å². The molecule has 1 atom stereocenters. The molecule has 0 aromatic heterocycles. The highest BCUT2D eigenvalue weighted by Crippen LogP contribution is 2.22. The Kier molecular flexibility index (Phi) is 7.85. The zero-order valence-corrected chi connectivity index (χ0v) is 13.5. The number of halogens is 3. The Bertz CT molecular complexity index is 444. The monoisotopic (exact) mass is 333 g/mol. The van der Waals surface area contributed by atoms with E-state index in [4.69, 9.17) is 15.6 Å². The third-order valence-electron chi connectivity index (χ3n) is 3.64. The number of unbranched alkanes of at least 4 members (excludes halogenated alkanes) is 2. The average Bonchev–Trinajstić information content (AvgIpc) is 2.49. The Hall–Kier alpha value is -1.27. The maximum Gasteiger partial charge on any atom is 0.389 e. The van der Waals surface area contributed by atoms with Gasteiger partial charge in [-0.2, -0.15) is 13.2 Å². The molecule has 0 amide bonds. The zero-order chi connectivity index (χ0) is 17.3. The van der Waals surface area contributed by atoms with E-state index in [9.17, 15) is 13.2 Å². The Morgan fingerprint density at radius 3 is 2.26 bits per heavy atom. The van der Waals surface area contributed by atoms with Gasteiger partial charge in [-0.1, -0.05) is 12.1 Å². The third-order valence-corrected chi connectivity index (χ3v) is 3.64. The minimum atomic E-state index is -4.06. The Morgan fingerprint density at radius 2 is 1.70 bits per heavy atom. The molecule has 0 saturated heterocycles. The summed E-state index contributed by atoms with van der Waals surface area (Å²) >= 11 is 0. The lowest BCUT2D eigenvalue weighted by molar-refractivity contribution is -0.135. The number of benzene rings is 1. The Morgan fingerprint density at radius 1 is 1.04 bits per heavy atom. The summed E-state index contributed by atoms with van der Waals surface area (Å²) in [6, 6.07) is 7.56. The Balaban J connectivity index is 2.21. The van der Waals surface area contributed by atoms with E-state index in [0.717, 1.165) is 12.0 Å². The van der Waals surface area contributed by atoms with Crippen molar-refractivity contribution in [3.63, 3.8) is 0 Å². The molecule has 3 N–H and O–H groups in total. The lowest BCUT2D eigenvalue weighted by atomic mass is 9.95. The molecule has 1 unspecified atom stereocenters. The first-order valence-corrected chi connectivity index (χ1v) is 7.90. The van der Waals surface area contributed by atoms with E-state index in [1.165, 1.54) is 0 Å². The number of alkyl halides is 3. The number of aliphatic hydroxyl groups is 1. The van der Waals surface area contributed by atoms with E-state index in [0.29, 0.717) is 31.6 Å². The highest BCUT2D eigenvalue weighted by molar-refractivity contribution is 5.27. The van der Waals surface area contributed by atoms with Gasteiger partial charge in [-0.15, -0.1) is 0 Å². The lowest BCUT2D eigenvalue weighted by Gasteiger charge is -2.21. The molecular weight excluding hydrogens is 307 g/mol. The quantitative estimate of drug-likeness (QED) is 0.640. The van der Waals surface area contributed by atoms with Crippen molar-refractivity contribution in [3.05, 3.63) is 29.8 Å². The molecule has 0 radical (unpaired) electrons. The predicted molar refractivity (Wildman–Crippen MR) is 84.5 cm³/mol. The molecule has 0 aliphatic rings. The van der Waals surface area contributed by atoms with E-state index in [-0.39, 0.29) is 13.0 Å². The molecule has 0 aliphatic heterocycles. The topological polar surface area (TPSA) is 55.5 Å². The van der Waals surface area contributed by atoms with E-state index in [2.05, 4.69) is 0 Å². The molecule has 0 saturated carbocycles. The first-order chi connectivity index (χ1) is 10.7. The normalized spacial score (nSPS) is 14.5. The van der Waals surface area contributed by atoms with Crippen molar-refractivity contribution in [2.24, 2.45) is 5.73 Å². The van der Waals surface area contributed by atoms with Crippen LogP contribution in [0.4, 0.5) is 13.2 Å². The van der Waals surface area contributed by atoms with Crippen LogP contribution >= 0.6 is 0 Å². The van der Waals surface area contributed by atoms with Crippen molar-refractivity contribution in [1.29, 1.82) is 0 Å². The average molecular weight is 333 g/mol. The van der Waals surface area contributed by atoms with Crippen LogP contribution in [0, 0.1) is 0 Å². The number of aliphatic hydroxyl groups excluding tert-OH is 1. The van der Waals surface area contributed by atoms with Crippen LogP contribution in [0.2, 0.25) is 0 Å². The minimum Gasteiger partial charge on any atom is -0.494 e. The zero-order valence-electron chi connectivity index (χ0n) is 13.5. The van der Waals surface area contributed by atoms with Gasteiger partial charge >= 0.3 is 6.18 Å². The van der Waals surface area contributed by atoms with Gasteiger partial charge < -0.3 is 15.6 Å². The van der Waals surface area contributed by atoms with Crippen LogP contribution in [0.15, 0.2) is 24.3 Å². The molecule has 0 aliphatic carbocycles. The largest absolute Gasteiger partial charge is 0.494 e. The van der Waals surface area contributed by atoms with Gasteiger partial charge in [-0.05, 0) is 56.7 Å². The molecule has 1 aromatic carbocycles. The summed E-state index contributed by atoms with van der Waals surface area (Å²) in [5.41, 5.74) is 6.41. The Labute approximate surface area is 135 Å². The van der Waals surface area contributed by atoms with E-state index in [1.54, 1.807) is 0 Å².